The summed E-state index contributed by atoms with van der Waals surface area (Å²) in [6, 6.07) is 6.15. The van der Waals surface area contributed by atoms with Crippen LogP contribution in [-0.2, 0) is 15.7 Å². The first kappa shape index (κ1) is 31.1. The zero-order chi connectivity index (χ0) is 28.0. The summed E-state index contributed by atoms with van der Waals surface area (Å²) < 4.78 is 46.2. The van der Waals surface area contributed by atoms with Gasteiger partial charge in [0.05, 0.1) is 12.5 Å². The van der Waals surface area contributed by atoms with Gasteiger partial charge >= 0.3 is 6.18 Å². The van der Waals surface area contributed by atoms with Crippen molar-refractivity contribution in [3.8, 4) is 0 Å². The summed E-state index contributed by atoms with van der Waals surface area (Å²) in [5.74, 6) is -1.20. The van der Waals surface area contributed by atoms with Crippen molar-refractivity contribution >= 4 is 29.3 Å². The summed E-state index contributed by atoms with van der Waals surface area (Å²) in [5.41, 5.74) is 0.0374. The lowest BCUT2D eigenvalue weighted by atomic mass is 10.0. The Morgan fingerprint density at radius 1 is 1.10 bits per heavy atom. The average Bonchev–Trinajstić information content (AvgIpc) is 3.37. The minimum atomic E-state index is -4.68. The number of benzene rings is 1. The third-order valence-corrected chi connectivity index (χ3v) is 7.05. The molecule has 13 heteroatoms. The SMILES string of the molecule is C.COCCNC(=O)[C@H]1CCC[C@H]1Nc1nc(Nc2ccc(C(=O)N3CCN(C)CC3)cc2)ncc1C(F)(F)F. The summed E-state index contributed by atoms with van der Waals surface area (Å²) in [5, 5.41) is 8.55. The molecule has 2 fully saturated rings. The van der Waals surface area contributed by atoms with Gasteiger partial charge in [0.2, 0.25) is 11.9 Å². The number of nitrogens with zero attached hydrogens (tertiary/aromatic N) is 4. The van der Waals surface area contributed by atoms with Crippen molar-refractivity contribution in [1.29, 1.82) is 0 Å². The van der Waals surface area contributed by atoms with E-state index in [2.05, 4.69) is 30.8 Å². The average molecular weight is 566 g/mol. The van der Waals surface area contributed by atoms with E-state index in [9.17, 15) is 22.8 Å². The van der Waals surface area contributed by atoms with Crippen LogP contribution in [0.15, 0.2) is 30.5 Å². The van der Waals surface area contributed by atoms with Gasteiger partial charge in [-0.25, -0.2) is 4.98 Å². The monoisotopic (exact) mass is 565 g/mol. The molecular formula is C27H38F3N7O3. The first-order chi connectivity index (χ1) is 18.7. The molecule has 3 N–H and O–H groups in total. The lowest BCUT2D eigenvalue weighted by Gasteiger charge is -2.32. The number of methoxy groups -OCH3 is 1. The zero-order valence-electron chi connectivity index (χ0n) is 22.1. The number of carbonyl (C=O) groups is 2. The molecule has 1 aromatic carbocycles. The third kappa shape index (κ3) is 7.81. The van der Waals surface area contributed by atoms with E-state index in [4.69, 9.17) is 4.74 Å². The highest BCUT2D eigenvalue weighted by atomic mass is 19.4. The van der Waals surface area contributed by atoms with Gasteiger partial charge in [-0.1, -0.05) is 13.8 Å². The predicted molar refractivity (Wildman–Crippen MR) is 147 cm³/mol. The summed E-state index contributed by atoms with van der Waals surface area (Å²) in [6.07, 6.45) is -2.15. The Morgan fingerprint density at radius 3 is 2.45 bits per heavy atom. The van der Waals surface area contributed by atoms with Gasteiger partial charge in [0.25, 0.3) is 5.91 Å². The molecule has 2 aliphatic rings. The maximum atomic E-state index is 13.8. The highest BCUT2D eigenvalue weighted by Gasteiger charge is 2.38. The molecule has 2 heterocycles. The molecule has 2 aromatic rings. The van der Waals surface area contributed by atoms with E-state index in [1.54, 1.807) is 29.2 Å². The van der Waals surface area contributed by atoms with Crippen LogP contribution >= 0.6 is 0 Å². The molecule has 40 heavy (non-hydrogen) atoms. The van der Waals surface area contributed by atoms with Crippen LogP contribution in [0.4, 0.5) is 30.6 Å². The maximum absolute atomic E-state index is 13.8. The molecule has 0 bridgehead atoms. The van der Waals surface area contributed by atoms with Gasteiger partial charge in [0.1, 0.15) is 11.4 Å². The highest BCUT2D eigenvalue weighted by Crippen LogP contribution is 2.36. The first-order valence-corrected chi connectivity index (χ1v) is 13.0. The van der Waals surface area contributed by atoms with E-state index in [1.165, 1.54) is 7.11 Å². The summed E-state index contributed by atoms with van der Waals surface area (Å²) >= 11 is 0. The number of alkyl halides is 3. The molecule has 220 valence electrons. The fraction of sp³-hybridized carbons (Fsp3) is 0.556. The molecule has 1 aromatic heterocycles. The number of piperazine rings is 1. The molecule has 0 radical (unpaired) electrons. The van der Waals surface area contributed by atoms with Crippen LogP contribution in [0, 0.1) is 5.92 Å². The molecule has 10 nitrogen and oxygen atoms in total. The van der Waals surface area contributed by atoms with Crippen molar-refractivity contribution in [3.05, 3.63) is 41.6 Å². The second kappa shape index (κ2) is 13.8. The van der Waals surface area contributed by atoms with Crippen LogP contribution in [0.5, 0.6) is 0 Å². The Morgan fingerprint density at radius 2 is 1.80 bits per heavy atom. The number of nitrogens with one attached hydrogen (secondary N) is 3. The van der Waals surface area contributed by atoms with E-state index in [-0.39, 0.29) is 31.0 Å². The lowest BCUT2D eigenvalue weighted by Crippen LogP contribution is -2.47. The molecule has 0 unspecified atom stereocenters. The second-order valence-corrected chi connectivity index (χ2v) is 9.82. The minimum absolute atomic E-state index is 0. The summed E-state index contributed by atoms with van der Waals surface area (Å²) in [4.78, 5) is 37.3. The van der Waals surface area contributed by atoms with Crippen molar-refractivity contribution in [3.63, 3.8) is 0 Å². The Bertz CT molecular complexity index is 1140. The number of hydrogen-bond donors (Lipinski definition) is 3. The molecule has 1 aliphatic carbocycles. The number of aromatic nitrogens is 2. The Labute approximate surface area is 232 Å². The van der Waals surface area contributed by atoms with E-state index >= 15 is 0 Å². The molecule has 4 rings (SSSR count). The Kier molecular flexibility index (Phi) is 10.7. The van der Waals surface area contributed by atoms with Crippen molar-refractivity contribution in [2.24, 2.45) is 5.92 Å². The molecule has 0 spiro atoms. The van der Waals surface area contributed by atoms with Crippen LogP contribution in [0.2, 0.25) is 0 Å². The number of ether oxygens (including phenoxy) is 1. The fourth-order valence-corrected chi connectivity index (χ4v) is 4.81. The molecule has 1 saturated carbocycles. The van der Waals surface area contributed by atoms with Crippen LogP contribution in [0.1, 0.15) is 42.6 Å². The lowest BCUT2D eigenvalue weighted by molar-refractivity contribution is -0.137. The number of likely N-dealkylation sites (N-methyl/N-ethyl adjacent to an activating group) is 1. The number of amides is 2. The van der Waals surface area contributed by atoms with Crippen LogP contribution < -0.4 is 16.0 Å². The third-order valence-electron chi connectivity index (χ3n) is 7.05. The van der Waals surface area contributed by atoms with E-state index < -0.39 is 23.7 Å². The zero-order valence-corrected chi connectivity index (χ0v) is 22.1. The molecule has 1 saturated heterocycles. The van der Waals surface area contributed by atoms with Crippen molar-refractivity contribution < 1.29 is 27.5 Å². The van der Waals surface area contributed by atoms with Gasteiger partial charge in [-0.3, -0.25) is 9.59 Å². The predicted octanol–water partition coefficient (Wildman–Crippen LogP) is 3.61. The van der Waals surface area contributed by atoms with E-state index in [0.717, 1.165) is 19.3 Å². The molecule has 2 amide bonds. The smallest absolute Gasteiger partial charge is 0.383 e. The van der Waals surface area contributed by atoms with Gasteiger partial charge in [0.15, 0.2) is 0 Å². The summed E-state index contributed by atoms with van der Waals surface area (Å²) in [7, 11) is 3.54. The van der Waals surface area contributed by atoms with Crippen molar-refractivity contribution in [2.45, 2.75) is 38.9 Å². The van der Waals surface area contributed by atoms with Gasteiger partial charge in [-0.15, -0.1) is 0 Å². The van der Waals surface area contributed by atoms with Crippen molar-refractivity contribution in [2.75, 3.05) is 64.1 Å². The maximum Gasteiger partial charge on any atom is 0.421 e. The number of hydrogen-bond acceptors (Lipinski definition) is 8. The van der Waals surface area contributed by atoms with Crippen LogP contribution in [0.3, 0.4) is 0 Å². The van der Waals surface area contributed by atoms with E-state index in [1.807, 2.05) is 7.05 Å². The Hall–Kier alpha value is -3.45. The van der Waals surface area contributed by atoms with Gasteiger partial charge in [-0.2, -0.15) is 18.2 Å². The normalized spacial score (nSPS) is 19.6. The quantitative estimate of drug-likeness (QED) is 0.396. The Balaban J connectivity index is 0.00000441. The van der Waals surface area contributed by atoms with Gasteiger partial charge in [0, 0.05) is 63.3 Å². The second-order valence-electron chi connectivity index (χ2n) is 9.82. The topological polar surface area (TPSA) is 112 Å². The minimum Gasteiger partial charge on any atom is -0.383 e. The number of rotatable bonds is 9. The largest absolute Gasteiger partial charge is 0.421 e. The van der Waals surface area contributed by atoms with Crippen LogP contribution in [-0.4, -0.2) is 91.1 Å². The molecule has 1 aliphatic heterocycles. The molecule has 2 atom stereocenters. The fourth-order valence-electron chi connectivity index (χ4n) is 4.81. The van der Waals surface area contributed by atoms with Gasteiger partial charge < -0.3 is 30.5 Å². The first-order valence-electron chi connectivity index (χ1n) is 13.0. The van der Waals surface area contributed by atoms with E-state index in [0.29, 0.717) is 56.8 Å². The highest BCUT2D eigenvalue weighted by molar-refractivity contribution is 5.94. The number of anilines is 3. The summed E-state index contributed by atoms with van der Waals surface area (Å²) in [6.45, 7) is 3.61. The number of halogens is 3. The van der Waals surface area contributed by atoms with Gasteiger partial charge in [-0.05, 0) is 44.2 Å². The number of carbonyl (C=O) groups excluding carboxylic acids is 2. The standard InChI is InChI=1S/C26H34F3N7O3.CH4/c1-35-11-13-36(14-12-35)24(38)17-6-8-18(9-7-17)32-25-31-16-20(26(27,28)29)22(34-25)33-21-5-3-4-19(21)23(37)30-10-15-39-2;/h6-9,16,19,21H,3-5,10-15H2,1-2H3,(H,30,37)(H2,31,32,33,34);1H4/t19-,21+;/m0./s1. The van der Waals surface area contributed by atoms with Crippen LogP contribution in [0.25, 0.3) is 0 Å². The molecular weight excluding hydrogens is 527 g/mol. The van der Waals surface area contributed by atoms with Crippen molar-refractivity contribution in [1.82, 2.24) is 25.1 Å².